The maximum atomic E-state index is 12.4. The van der Waals surface area contributed by atoms with Crippen molar-refractivity contribution in [2.75, 3.05) is 5.32 Å². The summed E-state index contributed by atoms with van der Waals surface area (Å²) < 4.78 is 2.56. The van der Waals surface area contributed by atoms with Crippen molar-refractivity contribution in [3.8, 4) is 0 Å². The Labute approximate surface area is 127 Å². The molecule has 0 bridgehead atoms. The Hall–Kier alpha value is -1.62. The molecule has 1 atom stereocenters. The van der Waals surface area contributed by atoms with Crippen molar-refractivity contribution in [2.24, 2.45) is 0 Å². The quantitative estimate of drug-likeness (QED) is 0.922. The van der Waals surface area contributed by atoms with Gasteiger partial charge in [0.15, 0.2) is 0 Å². The second-order valence-corrected chi connectivity index (χ2v) is 5.72. The number of aryl methyl sites for hydroxylation is 1. The van der Waals surface area contributed by atoms with Crippen LogP contribution in [0.4, 0.5) is 5.69 Å². The van der Waals surface area contributed by atoms with Crippen LogP contribution in [0.25, 0.3) is 0 Å². The minimum atomic E-state index is -0.304. The molecule has 0 radical (unpaired) electrons. The average molecular weight is 336 g/mol. The van der Waals surface area contributed by atoms with Crippen LogP contribution in [-0.4, -0.2) is 15.7 Å². The lowest BCUT2D eigenvalue weighted by atomic mass is 10.1. The van der Waals surface area contributed by atoms with Gasteiger partial charge in [-0.05, 0) is 53.4 Å². The molecule has 0 fully saturated rings. The Kier molecular flexibility index (Phi) is 4.60. The highest BCUT2D eigenvalue weighted by Crippen LogP contribution is 2.21. The summed E-state index contributed by atoms with van der Waals surface area (Å²) in [7, 11) is 0. The molecule has 0 aliphatic rings. The van der Waals surface area contributed by atoms with Crippen molar-refractivity contribution < 1.29 is 4.79 Å². The minimum Gasteiger partial charge on any atom is -0.324 e. The van der Waals surface area contributed by atoms with E-state index in [1.54, 1.807) is 10.9 Å². The van der Waals surface area contributed by atoms with E-state index in [2.05, 4.69) is 26.3 Å². The third-order valence-corrected chi connectivity index (χ3v) is 3.85. The van der Waals surface area contributed by atoms with E-state index >= 15 is 0 Å². The summed E-state index contributed by atoms with van der Waals surface area (Å²) in [5.74, 6) is -0.0446. The Bertz CT molecular complexity index is 621. The number of nitrogens with one attached hydrogen (secondary N) is 1. The first-order valence-electron chi connectivity index (χ1n) is 6.59. The predicted molar refractivity (Wildman–Crippen MR) is 83.8 cm³/mol. The van der Waals surface area contributed by atoms with Crippen molar-refractivity contribution in [3.05, 3.63) is 46.2 Å². The number of amides is 1. The molecule has 1 N–H and O–H groups in total. The lowest BCUT2D eigenvalue weighted by molar-refractivity contribution is -0.119. The molecule has 0 saturated carbocycles. The van der Waals surface area contributed by atoms with Crippen LogP contribution in [0.2, 0.25) is 0 Å². The summed E-state index contributed by atoms with van der Waals surface area (Å²) in [6.45, 7) is 6.02. The van der Waals surface area contributed by atoms with E-state index in [0.29, 0.717) is 6.42 Å². The molecule has 106 valence electrons. The molecule has 20 heavy (non-hydrogen) atoms. The number of carbonyl (C=O) groups excluding carboxylic acids is 1. The first-order valence-corrected chi connectivity index (χ1v) is 7.39. The molecule has 2 rings (SSSR count). The standard InChI is InChI=1S/C15H18BrN3O/c1-4-14(19-9-12(16)8-17-19)15(20)18-13-7-5-6-10(2)11(13)3/h5-9,14H,4H2,1-3H3,(H,18,20). The van der Waals surface area contributed by atoms with Gasteiger partial charge >= 0.3 is 0 Å². The van der Waals surface area contributed by atoms with Crippen LogP contribution in [0.5, 0.6) is 0 Å². The highest BCUT2D eigenvalue weighted by atomic mass is 79.9. The topological polar surface area (TPSA) is 46.9 Å². The SMILES string of the molecule is CCC(C(=O)Nc1cccc(C)c1C)n1cc(Br)cn1. The molecule has 5 heteroatoms. The van der Waals surface area contributed by atoms with E-state index < -0.39 is 0 Å². The smallest absolute Gasteiger partial charge is 0.249 e. The summed E-state index contributed by atoms with van der Waals surface area (Å²) in [4.78, 5) is 12.4. The van der Waals surface area contributed by atoms with Gasteiger partial charge in [0.2, 0.25) is 5.91 Å². The van der Waals surface area contributed by atoms with Gasteiger partial charge in [-0.2, -0.15) is 5.10 Å². The molecule has 1 heterocycles. The lowest BCUT2D eigenvalue weighted by Crippen LogP contribution is -2.26. The Balaban J connectivity index is 2.20. The number of anilines is 1. The van der Waals surface area contributed by atoms with E-state index in [1.165, 1.54) is 0 Å². The highest BCUT2D eigenvalue weighted by Gasteiger charge is 2.20. The van der Waals surface area contributed by atoms with E-state index in [4.69, 9.17) is 0 Å². The Morgan fingerprint density at radius 3 is 2.80 bits per heavy atom. The van der Waals surface area contributed by atoms with Crippen molar-refractivity contribution in [2.45, 2.75) is 33.2 Å². The fraction of sp³-hybridized carbons (Fsp3) is 0.333. The van der Waals surface area contributed by atoms with Crippen LogP contribution >= 0.6 is 15.9 Å². The lowest BCUT2D eigenvalue weighted by Gasteiger charge is -2.17. The highest BCUT2D eigenvalue weighted by molar-refractivity contribution is 9.10. The number of halogens is 1. The third-order valence-electron chi connectivity index (χ3n) is 3.44. The first kappa shape index (κ1) is 14.8. The zero-order valence-electron chi connectivity index (χ0n) is 11.9. The molecular weight excluding hydrogens is 318 g/mol. The molecule has 0 aliphatic carbocycles. The molecule has 4 nitrogen and oxygen atoms in total. The van der Waals surface area contributed by atoms with Gasteiger partial charge in [-0.1, -0.05) is 19.1 Å². The molecule has 0 aliphatic heterocycles. The Morgan fingerprint density at radius 1 is 1.45 bits per heavy atom. The van der Waals surface area contributed by atoms with E-state index in [-0.39, 0.29) is 11.9 Å². The number of aromatic nitrogens is 2. The van der Waals surface area contributed by atoms with Gasteiger partial charge in [-0.15, -0.1) is 0 Å². The maximum Gasteiger partial charge on any atom is 0.249 e. The van der Waals surface area contributed by atoms with E-state index in [0.717, 1.165) is 21.3 Å². The molecule has 0 spiro atoms. The van der Waals surface area contributed by atoms with Gasteiger partial charge in [-0.25, -0.2) is 0 Å². The fourth-order valence-corrected chi connectivity index (χ4v) is 2.38. The van der Waals surface area contributed by atoms with Crippen LogP contribution in [-0.2, 0) is 4.79 Å². The van der Waals surface area contributed by atoms with Gasteiger partial charge in [-0.3, -0.25) is 9.48 Å². The fourth-order valence-electron chi connectivity index (χ4n) is 2.08. The van der Waals surface area contributed by atoms with Crippen LogP contribution in [0.1, 0.15) is 30.5 Å². The number of hydrogen-bond acceptors (Lipinski definition) is 2. The number of hydrogen-bond donors (Lipinski definition) is 1. The second-order valence-electron chi connectivity index (χ2n) is 4.80. The largest absolute Gasteiger partial charge is 0.324 e. The summed E-state index contributed by atoms with van der Waals surface area (Å²) in [5.41, 5.74) is 3.12. The molecule has 2 aromatic rings. The summed E-state index contributed by atoms with van der Waals surface area (Å²) in [5, 5.41) is 7.19. The summed E-state index contributed by atoms with van der Waals surface area (Å²) >= 11 is 3.35. The Morgan fingerprint density at radius 2 is 2.20 bits per heavy atom. The predicted octanol–water partition coefficient (Wildman–Crippen LogP) is 3.85. The molecule has 1 unspecified atom stereocenters. The molecule has 1 aromatic carbocycles. The van der Waals surface area contributed by atoms with Gasteiger partial charge in [0, 0.05) is 11.9 Å². The number of nitrogens with zero attached hydrogens (tertiary/aromatic N) is 2. The van der Waals surface area contributed by atoms with Crippen molar-refractivity contribution >= 4 is 27.5 Å². The van der Waals surface area contributed by atoms with Gasteiger partial charge in [0.1, 0.15) is 6.04 Å². The monoisotopic (exact) mass is 335 g/mol. The number of rotatable bonds is 4. The van der Waals surface area contributed by atoms with E-state index in [9.17, 15) is 4.79 Å². The van der Waals surface area contributed by atoms with Crippen LogP contribution in [0, 0.1) is 13.8 Å². The zero-order chi connectivity index (χ0) is 14.7. The zero-order valence-corrected chi connectivity index (χ0v) is 13.4. The normalized spacial score (nSPS) is 12.2. The van der Waals surface area contributed by atoms with E-state index in [1.807, 2.05) is 45.2 Å². The second kappa shape index (κ2) is 6.22. The van der Waals surface area contributed by atoms with Gasteiger partial charge < -0.3 is 5.32 Å². The van der Waals surface area contributed by atoms with Crippen molar-refractivity contribution in [1.82, 2.24) is 9.78 Å². The van der Waals surface area contributed by atoms with Crippen LogP contribution in [0.3, 0.4) is 0 Å². The number of carbonyl (C=O) groups is 1. The van der Waals surface area contributed by atoms with Crippen molar-refractivity contribution in [3.63, 3.8) is 0 Å². The minimum absolute atomic E-state index is 0.0446. The van der Waals surface area contributed by atoms with Crippen LogP contribution in [0.15, 0.2) is 35.1 Å². The van der Waals surface area contributed by atoms with Gasteiger partial charge in [0.25, 0.3) is 0 Å². The van der Waals surface area contributed by atoms with Crippen LogP contribution < -0.4 is 5.32 Å². The first-order chi connectivity index (χ1) is 9.52. The molecular formula is C15H18BrN3O. The summed E-state index contributed by atoms with van der Waals surface area (Å²) in [6, 6.07) is 5.60. The average Bonchev–Trinajstić information content (AvgIpc) is 2.82. The molecule has 0 saturated heterocycles. The van der Waals surface area contributed by atoms with Crippen molar-refractivity contribution in [1.29, 1.82) is 0 Å². The summed E-state index contributed by atoms with van der Waals surface area (Å²) in [6.07, 6.45) is 4.19. The molecule has 1 aromatic heterocycles. The molecule has 1 amide bonds. The maximum absolute atomic E-state index is 12.4. The number of benzene rings is 1. The van der Waals surface area contributed by atoms with Gasteiger partial charge in [0.05, 0.1) is 10.7 Å². The third kappa shape index (κ3) is 3.10.